The summed E-state index contributed by atoms with van der Waals surface area (Å²) in [5.41, 5.74) is 3.17. The Kier molecular flexibility index (Phi) is 6.08. The molecular formula is C23H26N4O2S. The van der Waals surface area contributed by atoms with Crippen molar-refractivity contribution in [3.05, 3.63) is 54.1 Å². The lowest BCUT2D eigenvalue weighted by Gasteiger charge is -2.31. The molecule has 0 N–H and O–H groups in total. The molecule has 1 atom stereocenters. The van der Waals surface area contributed by atoms with Crippen LogP contribution in [0.1, 0.15) is 25.8 Å². The Morgan fingerprint density at radius 3 is 2.73 bits per heavy atom. The van der Waals surface area contributed by atoms with Crippen LogP contribution < -0.4 is 9.64 Å². The number of nitrogens with zero attached hydrogens (tertiary/aromatic N) is 4. The van der Waals surface area contributed by atoms with Crippen LogP contribution in [0.5, 0.6) is 5.75 Å². The molecule has 7 heteroatoms. The summed E-state index contributed by atoms with van der Waals surface area (Å²) in [6.45, 7) is 5.46. The number of amides is 1. The summed E-state index contributed by atoms with van der Waals surface area (Å²) in [5.74, 6) is 1.61. The van der Waals surface area contributed by atoms with E-state index in [9.17, 15) is 4.79 Å². The number of rotatable bonds is 6. The highest BCUT2D eigenvalue weighted by atomic mass is 32.2. The zero-order valence-electron chi connectivity index (χ0n) is 17.5. The van der Waals surface area contributed by atoms with Crippen LogP contribution in [0.25, 0.3) is 11.4 Å². The van der Waals surface area contributed by atoms with Gasteiger partial charge in [-0.05, 0) is 50.5 Å². The van der Waals surface area contributed by atoms with E-state index in [1.54, 1.807) is 7.11 Å². The topological polar surface area (TPSA) is 60.2 Å². The third-order valence-electron chi connectivity index (χ3n) is 5.39. The number of carbonyl (C=O) groups is 1. The number of ether oxygens (including phenoxy) is 1. The van der Waals surface area contributed by atoms with E-state index in [1.807, 2.05) is 58.9 Å². The lowest BCUT2D eigenvalue weighted by Crippen LogP contribution is -2.40. The van der Waals surface area contributed by atoms with Gasteiger partial charge in [-0.3, -0.25) is 4.79 Å². The smallest absolute Gasteiger partial charge is 0.240 e. The van der Waals surface area contributed by atoms with E-state index in [0.29, 0.717) is 6.54 Å². The van der Waals surface area contributed by atoms with Crippen LogP contribution in [0, 0.1) is 0 Å². The molecule has 1 amide bonds. The Labute approximate surface area is 181 Å². The van der Waals surface area contributed by atoms with Crippen molar-refractivity contribution < 1.29 is 9.53 Å². The van der Waals surface area contributed by atoms with Crippen LogP contribution in [0.4, 0.5) is 5.69 Å². The number of para-hydroxylation sites is 2. The molecule has 0 bridgehead atoms. The van der Waals surface area contributed by atoms with Crippen LogP contribution in [-0.4, -0.2) is 39.6 Å². The van der Waals surface area contributed by atoms with E-state index < -0.39 is 0 Å². The maximum absolute atomic E-state index is 13.3. The van der Waals surface area contributed by atoms with Gasteiger partial charge in [-0.15, -0.1) is 10.2 Å². The number of benzene rings is 2. The molecule has 1 aliphatic rings. The molecular weight excluding hydrogens is 396 g/mol. The van der Waals surface area contributed by atoms with Gasteiger partial charge in [0.2, 0.25) is 5.91 Å². The van der Waals surface area contributed by atoms with E-state index in [2.05, 4.69) is 23.2 Å². The molecule has 2 heterocycles. The van der Waals surface area contributed by atoms with Crippen LogP contribution in [0.3, 0.4) is 0 Å². The third kappa shape index (κ3) is 3.81. The van der Waals surface area contributed by atoms with Gasteiger partial charge < -0.3 is 14.2 Å². The number of aryl methyl sites for hydroxylation is 1. The second kappa shape index (κ2) is 8.92. The maximum atomic E-state index is 13.3. The zero-order chi connectivity index (χ0) is 21.1. The van der Waals surface area contributed by atoms with Crippen molar-refractivity contribution >= 4 is 23.4 Å². The maximum Gasteiger partial charge on any atom is 0.240 e. The first-order chi connectivity index (χ1) is 14.6. The standard InChI is InChI=1S/C23H26N4O2S/c1-4-26-21(18-12-6-8-14-20(18)29-3)24-25-23(26)30-16(2)22(28)27-15-9-11-17-10-5-7-13-19(17)27/h5-8,10,12-14,16H,4,9,11,15H2,1-3H3. The van der Waals surface area contributed by atoms with Gasteiger partial charge >= 0.3 is 0 Å². The predicted octanol–water partition coefficient (Wildman–Crippen LogP) is 4.43. The van der Waals surface area contributed by atoms with Crippen LogP contribution in [0.2, 0.25) is 0 Å². The molecule has 0 saturated heterocycles. The fourth-order valence-electron chi connectivity index (χ4n) is 3.88. The summed E-state index contributed by atoms with van der Waals surface area (Å²) >= 11 is 1.46. The van der Waals surface area contributed by atoms with Crippen molar-refractivity contribution in [2.45, 2.75) is 43.6 Å². The predicted molar refractivity (Wildman–Crippen MR) is 120 cm³/mol. The van der Waals surface area contributed by atoms with E-state index in [4.69, 9.17) is 4.74 Å². The summed E-state index contributed by atoms with van der Waals surface area (Å²) in [6, 6.07) is 16.0. The average molecular weight is 423 g/mol. The van der Waals surface area contributed by atoms with Gasteiger partial charge in [0.05, 0.1) is 17.9 Å². The first-order valence-electron chi connectivity index (χ1n) is 10.3. The van der Waals surface area contributed by atoms with Gasteiger partial charge in [-0.1, -0.05) is 42.1 Å². The molecule has 6 nitrogen and oxygen atoms in total. The minimum atomic E-state index is -0.267. The van der Waals surface area contributed by atoms with Crippen molar-refractivity contribution in [1.82, 2.24) is 14.8 Å². The molecule has 2 aromatic carbocycles. The zero-order valence-corrected chi connectivity index (χ0v) is 18.4. The molecule has 1 aliphatic heterocycles. The Morgan fingerprint density at radius 2 is 1.93 bits per heavy atom. The van der Waals surface area contributed by atoms with Crippen LogP contribution in [-0.2, 0) is 17.8 Å². The Morgan fingerprint density at radius 1 is 1.17 bits per heavy atom. The van der Waals surface area contributed by atoms with Gasteiger partial charge in [0, 0.05) is 18.8 Å². The fraction of sp³-hybridized carbons (Fsp3) is 0.348. The normalized spacial score (nSPS) is 14.3. The highest BCUT2D eigenvalue weighted by Crippen LogP contribution is 2.34. The highest BCUT2D eigenvalue weighted by molar-refractivity contribution is 8.00. The molecule has 1 aromatic heterocycles. The quantitative estimate of drug-likeness (QED) is 0.550. The summed E-state index contributed by atoms with van der Waals surface area (Å²) in [6.07, 6.45) is 2.01. The third-order valence-corrected chi connectivity index (χ3v) is 6.46. The van der Waals surface area contributed by atoms with Crippen LogP contribution >= 0.6 is 11.8 Å². The molecule has 0 saturated carbocycles. The van der Waals surface area contributed by atoms with E-state index in [0.717, 1.165) is 47.4 Å². The molecule has 3 aromatic rings. The molecule has 1 unspecified atom stereocenters. The number of fused-ring (bicyclic) bond motifs is 1. The van der Waals surface area contributed by atoms with Gasteiger partial charge in [0.25, 0.3) is 0 Å². The minimum absolute atomic E-state index is 0.108. The largest absolute Gasteiger partial charge is 0.496 e. The number of hydrogen-bond acceptors (Lipinski definition) is 5. The monoisotopic (exact) mass is 422 g/mol. The van der Waals surface area contributed by atoms with Gasteiger partial charge in [0.15, 0.2) is 11.0 Å². The molecule has 0 spiro atoms. The SMILES string of the molecule is CCn1c(SC(C)C(=O)N2CCCc3ccccc32)nnc1-c1ccccc1OC. The highest BCUT2D eigenvalue weighted by Gasteiger charge is 2.28. The van der Waals surface area contributed by atoms with Crippen molar-refractivity contribution in [1.29, 1.82) is 0 Å². The van der Waals surface area contributed by atoms with Crippen molar-refractivity contribution in [3.8, 4) is 17.1 Å². The summed E-state index contributed by atoms with van der Waals surface area (Å²) < 4.78 is 7.53. The summed E-state index contributed by atoms with van der Waals surface area (Å²) in [7, 11) is 1.65. The van der Waals surface area contributed by atoms with Crippen molar-refractivity contribution in [2.75, 3.05) is 18.6 Å². The second-order valence-electron chi connectivity index (χ2n) is 7.23. The Balaban J connectivity index is 1.58. The number of carbonyl (C=O) groups excluding carboxylic acids is 1. The average Bonchev–Trinajstić information content (AvgIpc) is 3.20. The van der Waals surface area contributed by atoms with Gasteiger partial charge in [-0.2, -0.15) is 0 Å². The molecule has 0 fully saturated rings. The number of hydrogen-bond donors (Lipinski definition) is 0. The summed E-state index contributed by atoms with van der Waals surface area (Å²) in [5, 5.41) is 9.29. The lowest BCUT2D eigenvalue weighted by molar-refractivity contribution is -0.117. The number of thioether (sulfide) groups is 1. The lowest BCUT2D eigenvalue weighted by atomic mass is 10.0. The van der Waals surface area contributed by atoms with Crippen molar-refractivity contribution in [2.24, 2.45) is 0 Å². The summed E-state index contributed by atoms with van der Waals surface area (Å²) in [4.78, 5) is 15.2. The van der Waals surface area contributed by atoms with Crippen LogP contribution in [0.15, 0.2) is 53.7 Å². The van der Waals surface area contributed by atoms with Crippen molar-refractivity contribution in [3.63, 3.8) is 0 Å². The Bertz CT molecular complexity index is 1050. The van der Waals surface area contributed by atoms with Gasteiger partial charge in [0.1, 0.15) is 5.75 Å². The number of methoxy groups -OCH3 is 1. The molecule has 0 radical (unpaired) electrons. The first kappa shape index (κ1) is 20.5. The number of anilines is 1. The van der Waals surface area contributed by atoms with E-state index >= 15 is 0 Å². The molecule has 0 aliphatic carbocycles. The van der Waals surface area contributed by atoms with E-state index in [-0.39, 0.29) is 11.2 Å². The van der Waals surface area contributed by atoms with Gasteiger partial charge in [-0.25, -0.2) is 0 Å². The second-order valence-corrected chi connectivity index (χ2v) is 8.54. The minimum Gasteiger partial charge on any atom is -0.496 e. The van der Waals surface area contributed by atoms with E-state index in [1.165, 1.54) is 17.3 Å². The Hall–Kier alpha value is -2.80. The number of aromatic nitrogens is 3. The fourth-order valence-corrected chi connectivity index (χ4v) is 4.86. The molecule has 4 rings (SSSR count). The first-order valence-corrected chi connectivity index (χ1v) is 11.1. The molecule has 156 valence electrons. The molecule has 30 heavy (non-hydrogen) atoms.